The molecule has 0 aromatic heterocycles. The summed E-state index contributed by atoms with van der Waals surface area (Å²) in [6.07, 6.45) is 0.801. The minimum atomic E-state index is -0.226. The Morgan fingerprint density at radius 2 is 2.04 bits per heavy atom. The maximum absolute atomic E-state index is 13.6. The van der Waals surface area contributed by atoms with Crippen molar-refractivity contribution in [1.82, 2.24) is 5.32 Å². The largest absolute Gasteiger partial charge is 0.496 e. The molecule has 2 aromatic carbocycles. The number of carbonyl (C=O) groups is 1. The van der Waals surface area contributed by atoms with Gasteiger partial charge in [0.15, 0.2) is 0 Å². The van der Waals surface area contributed by atoms with Crippen LogP contribution in [0.25, 0.3) is 0 Å². The number of rotatable bonds is 8. The molecule has 2 rings (SSSR count). The van der Waals surface area contributed by atoms with Crippen LogP contribution in [0.1, 0.15) is 36.1 Å². The molecule has 1 N–H and O–H groups in total. The number of halogens is 1. The molecular weight excluding hydrogens is 337 g/mol. The van der Waals surface area contributed by atoms with Crippen LogP contribution in [0.3, 0.4) is 0 Å². The zero-order chi connectivity index (χ0) is 18.2. The van der Waals surface area contributed by atoms with Gasteiger partial charge in [-0.05, 0) is 42.2 Å². The van der Waals surface area contributed by atoms with Crippen LogP contribution in [0.4, 0.5) is 4.39 Å². The van der Waals surface area contributed by atoms with Gasteiger partial charge in [0, 0.05) is 5.75 Å². The topological polar surface area (TPSA) is 38.3 Å². The van der Waals surface area contributed by atoms with Crippen molar-refractivity contribution in [2.24, 2.45) is 0 Å². The van der Waals surface area contributed by atoms with Gasteiger partial charge in [-0.15, -0.1) is 11.8 Å². The van der Waals surface area contributed by atoms with E-state index in [9.17, 15) is 9.18 Å². The molecule has 0 radical (unpaired) electrons. The summed E-state index contributed by atoms with van der Waals surface area (Å²) in [5.41, 5.74) is 2.73. The van der Waals surface area contributed by atoms with E-state index in [1.165, 1.54) is 17.8 Å². The SMILES string of the molecule is CCC(NC(=O)CSCc1ccccc1F)c1ccc(OC)c(C)c1. The standard InChI is InChI=1S/C20H24FNO2S/c1-4-18(15-9-10-19(24-3)14(2)11-15)22-20(23)13-25-12-16-7-5-6-8-17(16)21/h5-11,18H,4,12-13H2,1-3H3,(H,22,23). The molecule has 0 fully saturated rings. The second-order valence-corrected chi connectivity index (χ2v) is 6.83. The Morgan fingerprint density at radius 1 is 1.28 bits per heavy atom. The summed E-state index contributed by atoms with van der Waals surface area (Å²) in [6, 6.07) is 12.6. The van der Waals surface area contributed by atoms with Crippen molar-refractivity contribution in [1.29, 1.82) is 0 Å². The molecule has 2 aromatic rings. The Hall–Kier alpha value is -2.01. The molecule has 0 saturated carbocycles. The van der Waals surface area contributed by atoms with E-state index in [1.807, 2.05) is 32.0 Å². The molecule has 1 atom stereocenters. The van der Waals surface area contributed by atoms with Crippen molar-refractivity contribution in [3.05, 3.63) is 65.0 Å². The number of amides is 1. The molecule has 5 heteroatoms. The fraction of sp³-hybridized carbons (Fsp3) is 0.350. The van der Waals surface area contributed by atoms with E-state index in [1.54, 1.807) is 25.3 Å². The zero-order valence-electron chi connectivity index (χ0n) is 14.8. The van der Waals surface area contributed by atoms with Crippen LogP contribution in [0.15, 0.2) is 42.5 Å². The van der Waals surface area contributed by atoms with Crippen molar-refractivity contribution in [2.75, 3.05) is 12.9 Å². The molecule has 25 heavy (non-hydrogen) atoms. The molecule has 1 amide bonds. The van der Waals surface area contributed by atoms with Crippen LogP contribution >= 0.6 is 11.8 Å². The molecule has 0 aliphatic heterocycles. The Balaban J connectivity index is 1.89. The lowest BCUT2D eigenvalue weighted by Gasteiger charge is -2.19. The first-order chi connectivity index (χ1) is 12.0. The molecule has 0 aliphatic rings. The molecule has 0 bridgehead atoms. The van der Waals surface area contributed by atoms with E-state index in [0.717, 1.165) is 23.3 Å². The van der Waals surface area contributed by atoms with Gasteiger partial charge in [-0.25, -0.2) is 4.39 Å². The lowest BCUT2D eigenvalue weighted by molar-refractivity contribution is -0.119. The third-order valence-corrected chi connectivity index (χ3v) is 4.99. The number of thioether (sulfide) groups is 1. The first-order valence-corrected chi connectivity index (χ1v) is 9.45. The van der Waals surface area contributed by atoms with E-state index in [-0.39, 0.29) is 17.8 Å². The third kappa shape index (κ3) is 5.49. The summed E-state index contributed by atoms with van der Waals surface area (Å²) in [4.78, 5) is 12.2. The molecule has 134 valence electrons. The predicted octanol–water partition coefficient (Wildman–Crippen LogP) is 4.64. The molecular formula is C20H24FNO2S. The minimum absolute atomic E-state index is 0.0360. The monoisotopic (exact) mass is 361 g/mol. The van der Waals surface area contributed by atoms with Crippen LogP contribution in [-0.2, 0) is 10.5 Å². The number of aryl methyl sites for hydroxylation is 1. The van der Waals surface area contributed by atoms with Gasteiger partial charge < -0.3 is 10.1 Å². The number of benzene rings is 2. The van der Waals surface area contributed by atoms with Crippen LogP contribution in [0.5, 0.6) is 5.75 Å². The second-order valence-electron chi connectivity index (χ2n) is 5.84. The van der Waals surface area contributed by atoms with Gasteiger partial charge in [0.25, 0.3) is 0 Å². The second kappa shape index (κ2) is 9.47. The van der Waals surface area contributed by atoms with Crippen LogP contribution in [0, 0.1) is 12.7 Å². The third-order valence-electron chi connectivity index (χ3n) is 4.01. The molecule has 1 unspecified atom stereocenters. The van der Waals surface area contributed by atoms with Gasteiger partial charge in [0.2, 0.25) is 5.91 Å². The summed E-state index contributed by atoms with van der Waals surface area (Å²) < 4.78 is 18.9. The molecule has 0 aliphatic carbocycles. The number of methoxy groups -OCH3 is 1. The van der Waals surface area contributed by atoms with E-state index in [2.05, 4.69) is 5.32 Å². The predicted molar refractivity (Wildman–Crippen MR) is 101 cm³/mol. The lowest BCUT2D eigenvalue weighted by Crippen LogP contribution is -2.29. The van der Waals surface area contributed by atoms with E-state index < -0.39 is 0 Å². The first-order valence-electron chi connectivity index (χ1n) is 8.30. The lowest BCUT2D eigenvalue weighted by atomic mass is 10.0. The molecule has 0 spiro atoms. The summed E-state index contributed by atoms with van der Waals surface area (Å²) >= 11 is 1.41. The van der Waals surface area contributed by atoms with E-state index in [4.69, 9.17) is 4.74 Å². The van der Waals surface area contributed by atoms with Crippen LogP contribution < -0.4 is 10.1 Å². The van der Waals surface area contributed by atoms with Crippen molar-refractivity contribution in [2.45, 2.75) is 32.1 Å². The van der Waals surface area contributed by atoms with Crippen LogP contribution in [-0.4, -0.2) is 18.8 Å². The van der Waals surface area contributed by atoms with Crippen molar-refractivity contribution < 1.29 is 13.9 Å². The van der Waals surface area contributed by atoms with E-state index >= 15 is 0 Å². The Labute approximate surface area is 153 Å². The molecule has 0 heterocycles. The fourth-order valence-corrected chi connectivity index (χ4v) is 3.47. The Kier molecular flexibility index (Phi) is 7.31. The average Bonchev–Trinajstić information content (AvgIpc) is 2.61. The first kappa shape index (κ1) is 19.3. The van der Waals surface area contributed by atoms with Gasteiger partial charge in [-0.1, -0.05) is 37.3 Å². The van der Waals surface area contributed by atoms with Crippen molar-refractivity contribution in [3.8, 4) is 5.75 Å². The fourth-order valence-electron chi connectivity index (χ4n) is 2.64. The summed E-state index contributed by atoms with van der Waals surface area (Å²) in [5.74, 6) is 1.36. The van der Waals surface area contributed by atoms with E-state index in [0.29, 0.717) is 17.1 Å². The highest BCUT2D eigenvalue weighted by atomic mass is 32.2. The highest BCUT2D eigenvalue weighted by Crippen LogP contribution is 2.24. The number of ether oxygens (including phenoxy) is 1. The number of hydrogen-bond acceptors (Lipinski definition) is 3. The minimum Gasteiger partial charge on any atom is -0.496 e. The number of hydrogen-bond donors (Lipinski definition) is 1. The van der Waals surface area contributed by atoms with Gasteiger partial charge in [-0.2, -0.15) is 0 Å². The summed E-state index contributed by atoms with van der Waals surface area (Å²) in [7, 11) is 1.65. The Bertz CT molecular complexity index is 721. The maximum atomic E-state index is 13.6. The highest BCUT2D eigenvalue weighted by molar-refractivity contribution is 7.99. The smallest absolute Gasteiger partial charge is 0.230 e. The van der Waals surface area contributed by atoms with Gasteiger partial charge in [-0.3, -0.25) is 4.79 Å². The molecule has 0 saturated heterocycles. The Morgan fingerprint density at radius 3 is 2.68 bits per heavy atom. The average molecular weight is 361 g/mol. The van der Waals surface area contributed by atoms with Gasteiger partial charge in [0.1, 0.15) is 11.6 Å². The van der Waals surface area contributed by atoms with Gasteiger partial charge >= 0.3 is 0 Å². The van der Waals surface area contributed by atoms with Crippen LogP contribution in [0.2, 0.25) is 0 Å². The highest BCUT2D eigenvalue weighted by Gasteiger charge is 2.14. The quantitative estimate of drug-likeness (QED) is 0.744. The summed E-state index contributed by atoms with van der Waals surface area (Å²) in [5, 5.41) is 3.05. The van der Waals surface area contributed by atoms with Crippen molar-refractivity contribution >= 4 is 17.7 Å². The maximum Gasteiger partial charge on any atom is 0.230 e. The van der Waals surface area contributed by atoms with Crippen molar-refractivity contribution in [3.63, 3.8) is 0 Å². The molecule has 3 nitrogen and oxygen atoms in total. The number of carbonyl (C=O) groups excluding carboxylic acids is 1. The normalized spacial score (nSPS) is 11.8. The summed E-state index contributed by atoms with van der Waals surface area (Å²) in [6.45, 7) is 4.03. The zero-order valence-corrected chi connectivity index (χ0v) is 15.7. The number of nitrogens with one attached hydrogen (secondary N) is 1. The van der Waals surface area contributed by atoms with Gasteiger partial charge in [0.05, 0.1) is 18.9 Å².